The van der Waals surface area contributed by atoms with E-state index in [0.29, 0.717) is 5.69 Å². The lowest BCUT2D eigenvalue weighted by molar-refractivity contribution is -0.140. The molecular weight excluding hydrogens is 270 g/mol. The Morgan fingerprint density at radius 1 is 1.32 bits per heavy atom. The number of anilines is 1. The number of benzene rings is 1. The first-order chi connectivity index (χ1) is 8.86. The van der Waals surface area contributed by atoms with Crippen LogP contribution in [0.5, 0.6) is 5.75 Å². The quantitative estimate of drug-likeness (QED) is 0.792. The number of esters is 1. The standard InChI is InChI=1S/C12H17NO5S/c1-13(10-5-7-11(14)8-6-10)19(16,17)9-3-4-12(15)18-2/h5-8,14H,3-4,9H2,1-2H3. The van der Waals surface area contributed by atoms with E-state index in [-0.39, 0.29) is 24.3 Å². The van der Waals surface area contributed by atoms with Crippen LogP contribution in [0.15, 0.2) is 24.3 Å². The van der Waals surface area contributed by atoms with Gasteiger partial charge in [0.2, 0.25) is 10.0 Å². The topological polar surface area (TPSA) is 83.9 Å². The van der Waals surface area contributed by atoms with E-state index in [9.17, 15) is 13.2 Å². The van der Waals surface area contributed by atoms with Crippen LogP contribution in [0.3, 0.4) is 0 Å². The number of phenols is 1. The van der Waals surface area contributed by atoms with Crippen molar-refractivity contribution in [2.45, 2.75) is 12.8 Å². The van der Waals surface area contributed by atoms with Crippen molar-refractivity contribution < 1.29 is 23.1 Å². The monoisotopic (exact) mass is 287 g/mol. The van der Waals surface area contributed by atoms with Crippen molar-refractivity contribution in [2.24, 2.45) is 0 Å². The average Bonchev–Trinajstić information content (AvgIpc) is 2.38. The highest BCUT2D eigenvalue weighted by Gasteiger charge is 2.18. The van der Waals surface area contributed by atoms with Crippen LogP contribution in [0.25, 0.3) is 0 Å². The van der Waals surface area contributed by atoms with E-state index in [1.54, 1.807) is 0 Å². The van der Waals surface area contributed by atoms with Crippen LogP contribution in [0.4, 0.5) is 5.69 Å². The van der Waals surface area contributed by atoms with Gasteiger partial charge in [-0.05, 0) is 30.7 Å². The molecule has 0 bridgehead atoms. The van der Waals surface area contributed by atoms with Gasteiger partial charge in [0.25, 0.3) is 0 Å². The second-order valence-electron chi connectivity index (χ2n) is 3.98. The van der Waals surface area contributed by atoms with Crippen LogP contribution < -0.4 is 4.31 Å². The van der Waals surface area contributed by atoms with Crippen molar-refractivity contribution in [3.05, 3.63) is 24.3 Å². The predicted octanol–water partition coefficient (Wildman–Crippen LogP) is 1.11. The fraction of sp³-hybridized carbons (Fsp3) is 0.417. The first-order valence-electron chi connectivity index (χ1n) is 5.69. The summed E-state index contributed by atoms with van der Waals surface area (Å²) in [6.45, 7) is 0. The van der Waals surface area contributed by atoms with Crippen molar-refractivity contribution in [3.8, 4) is 5.75 Å². The number of rotatable bonds is 6. The first-order valence-corrected chi connectivity index (χ1v) is 7.30. The van der Waals surface area contributed by atoms with Crippen molar-refractivity contribution in [2.75, 3.05) is 24.2 Å². The molecule has 0 saturated heterocycles. The lowest BCUT2D eigenvalue weighted by atomic mass is 10.3. The normalized spacial score (nSPS) is 11.1. The molecular formula is C12H17NO5S. The van der Waals surface area contributed by atoms with Gasteiger partial charge >= 0.3 is 5.97 Å². The molecule has 1 aromatic carbocycles. The van der Waals surface area contributed by atoms with Crippen LogP contribution in [0.1, 0.15) is 12.8 Å². The maximum Gasteiger partial charge on any atom is 0.305 e. The van der Waals surface area contributed by atoms with Gasteiger partial charge in [0.05, 0.1) is 18.6 Å². The fourth-order valence-corrected chi connectivity index (χ4v) is 2.69. The zero-order chi connectivity index (χ0) is 14.5. The summed E-state index contributed by atoms with van der Waals surface area (Å²) in [7, 11) is -0.792. The Kier molecular flexibility index (Phi) is 5.17. The maximum absolute atomic E-state index is 12.0. The third-order valence-electron chi connectivity index (χ3n) is 2.64. The fourth-order valence-electron chi connectivity index (χ4n) is 1.46. The number of aromatic hydroxyl groups is 1. The molecule has 1 rings (SSSR count). The third kappa shape index (κ3) is 4.44. The van der Waals surface area contributed by atoms with E-state index in [1.165, 1.54) is 38.4 Å². The van der Waals surface area contributed by atoms with E-state index in [2.05, 4.69) is 4.74 Å². The molecule has 1 N–H and O–H groups in total. The van der Waals surface area contributed by atoms with Gasteiger partial charge in [0, 0.05) is 13.5 Å². The number of ether oxygens (including phenoxy) is 1. The Morgan fingerprint density at radius 3 is 2.42 bits per heavy atom. The smallest absolute Gasteiger partial charge is 0.305 e. The van der Waals surface area contributed by atoms with E-state index < -0.39 is 16.0 Å². The second kappa shape index (κ2) is 6.42. The van der Waals surface area contributed by atoms with E-state index in [4.69, 9.17) is 5.11 Å². The summed E-state index contributed by atoms with van der Waals surface area (Å²) in [5.74, 6) is -0.498. The van der Waals surface area contributed by atoms with Gasteiger partial charge in [-0.3, -0.25) is 9.10 Å². The minimum absolute atomic E-state index is 0.0686. The summed E-state index contributed by atoms with van der Waals surface area (Å²) < 4.78 is 29.6. The summed E-state index contributed by atoms with van der Waals surface area (Å²) >= 11 is 0. The second-order valence-corrected chi connectivity index (χ2v) is 6.10. The van der Waals surface area contributed by atoms with Crippen molar-refractivity contribution >= 4 is 21.7 Å². The number of carbonyl (C=O) groups excluding carboxylic acids is 1. The highest BCUT2D eigenvalue weighted by atomic mass is 32.2. The lowest BCUT2D eigenvalue weighted by Gasteiger charge is -2.19. The molecule has 0 aliphatic rings. The van der Waals surface area contributed by atoms with E-state index >= 15 is 0 Å². The molecule has 0 radical (unpaired) electrons. The molecule has 7 heteroatoms. The van der Waals surface area contributed by atoms with Gasteiger partial charge in [-0.15, -0.1) is 0 Å². The largest absolute Gasteiger partial charge is 0.508 e. The number of methoxy groups -OCH3 is 1. The van der Waals surface area contributed by atoms with Gasteiger partial charge in [0.15, 0.2) is 0 Å². The maximum atomic E-state index is 12.0. The summed E-state index contributed by atoms with van der Waals surface area (Å²) in [6.07, 6.45) is 0.274. The molecule has 19 heavy (non-hydrogen) atoms. The lowest BCUT2D eigenvalue weighted by Crippen LogP contribution is -2.29. The average molecular weight is 287 g/mol. The summed E-state index contributed by atoms with van der Waals surface area (Å²) in [6, 6.07) is 5.84. The van der Waals surface area contributed by atoms with Gasteiger partial charge in [-0.1, -0.05) is 0 Å². The highest BCUT2D eigenvalue weighted by Crippen LogP contribution is 2.20. The highest BCUT2D eigenvalue weighted by molar-refractivity contribution is 7.92. The number of phenolic OH excluding ortho intramolecular Hbond substituents is 1. The summed E-state index contributed by atoms with van der Waals surface area (Å²) in [4.78, 5) is 10.9. The molecule has 0 atom stereocenters. The molecule has 106 valence electrons. The number of carbonyl (C=O) groups is 1. The Morgan fingerprint density at radius 2 is 1.89 bits per heavy atom. The molecule has 0 aliphatic carbocycles. The van der Waals surface area contributed by atoms with Crippen LogP contribution in [0.2, 0.25) is 0 Å². The Bertz CT molecular complexity index is 524. The summed E-state index contributed by atoms with van der Waals surface area (Å²) in [5, 5.41) is 9.15. The van der Waals surface area contributed by atoms with Crippen LogP contribution >= 0.6 is 0 Å². The van der Waals surface area contributed by atoms with Crippen molar-refractivity contribution in [1.82, 2.24) is 0 Å². The molecule has 0 unspecified atom stereocenters. The Balaban J connectivity index is 2.66. The molecule has 0 aromatic heterocycles. The molecule has 0 aliphatic heterocycles. The SMILES string of the molecule is COC(=O)CCCS(=O)(=O)N(C)c1ccc(O)cc1. The summed E-state index contributed by atoms with van der Waals surface area (Å²) in [5.41, 5.74) is 0.455. The van der Waals surface area contributed by atoms with E-state index in [1.807, 2.05) is 0 Å². The number of hydrogen-bond donors (Lipinski definition) is 1. The molecule has 0 amide bonds. The van der Waals surface area contributed by atoms with Crippen molar-refractivity contribution in [1.29, 1.82) is 0 Å². The minimum Gasteiger partial charge on any atom is -0.508 e. The first kappa shape index (κ1) is 15.3. The van der Waals surface area contributed by atoms with Crippen LogP contribution in [-0.4, -0.2) is 39.4 Å². The number of sulfonamides is 1. The zero-order valence-electron chi connectivity index (χ0n) is 10.9. The van der Waals surface area contributed by atoms with Gasteiger partial charge in [-0.25, -0.2) is 8.42 Å². The van der Waals surface area contributed by atoms with Gasteiger partial charge in [0.1, 0.15) is 5.75 Å². The molecule has 0 saturated carbocycles. The Labute approximate surface area is 112 Å². The molecule has 6 nitrogen and oxygen atoms in total. The van der Waals surface area contributed by atoms with E-state index in [0.717, 1.165) is 4.31 Å². The molecule has 0 heterocycles. The zero-order valence-corrected chi connectivity index (χ0v) is 11.7. The van der Waals surface area contributed by atoms with Crippen LogP contribution in [0, 0.1) is 0 Å². The molecule has 0 fully saturated rings. The van der Waals surface area contributed by atoms with Crippen molar-refractivity contribution in [3.63, 3.8) is 0 Å². The van der Waals surface area contributed by atoms with Gasteiger partial charge < -0.3 is 9.84 Å². The predicted molar refractivity (Wildman–Crippen MR) is 71.5 cm³/mol. The minimum atomic E-state index is -3.49. The van der Waals surface area contributed by atoms with Gasteiger partial charge in [-0.2, -0.15) is 0 Å². The number of hydrogen-bond acceptors (Lipinski definition) is 5. The molecule has 0 spiro atoms. The number of nitrogens with zero attached hydrogens (tertiary/aromatic N) is 1. The molecule has 1 aromatic rings. The van der Waals surface area contributed by atoms with Crippen LogP contribution in [-0.2, 0) is 19.6 Å². The third-order valence-corrected chi connectivity index (χ3v) is 4.49. The Hall–Kier alpha value is -1.76.